The molecule has 1 aromatic rings. The molecular weight excluding hydrogens is 265 g/mol. The Morgan fingerprint density at radius 2 is 2.30 bits per heavy atom. The minimum absolute atomic E-state index is 0.164. The highest BCUT2D eigenvalue weighted by Crippen LogP contribution is 2.28. The van der Waals surface area contributed by atoms with Crippen LogP contribution in [0.5, 0.6) is 0 Å². The first kappa shape index (κ1) is 14.0. The number of hydrogen-bond donors (Lipinski definition) is 2. The first-order valence-corrected chi connectivity index (χ1v) is 6.09. The van der Waals surface area contributed by atoms with E-state index < -0.39 is 23.9 Å². The molecule has 106 valence electrons. The second-order valence-corrected chi connectivity index (χ2v) is 4.19. The average molecular weight is 279 g/mol. The maximum atomic E-state index is 13.8. The summed E-state index contributed by atoms with van der Waals surface area (Å²) < 4.78 is 18.8. The molecule has 0 bridgehead atoms. The van der Waals surface area contributed by atoms with E-state index in [0.29, 0.717) is 5.70 Å². The van der Waals surface area contributed by atoms with Crippen LogP contribution in [0.15, 0.2) is 29.7 Å². The number of nitrogens with one attached hydrogen (secondary N) is 2. The summed E-state index contributed by atoms with van der Waals surface area (Å²) in [6, 6.07) is 0.0144. The number of rotatable bonds is 3. The summed E-state index contributed by atoms with van der Waals surface area (Å²) >= 11 is 0. The average Bonchev–Trinajstić information content (AvgIpc) is 2.38. The number of ether oxygens (including phenoxy) is 1. The maximum absolute atomic E-state index is 13.8. The zero-order valence-corrected chi connectivity index (χ0v) is 11.1. The van der Waals surface area contributed by atoms with E-state index in [1.165, 1.54) is 12.3 Å². The molecule has 6 nitrogen and oxygen atoms in total. The molecule has 0 aliphatic carbocycles. The van der Waals surface area contributed by atoms with Gasteiger partial charge in [-0.1, -0.05) is 0 Å². The third kappa shape index (κ3) is 2.61. The van der Waals surface area contributed by atoms with Crippen LogP contribution in [-0.2, 0) is 9.53 Å². The summed E-state index contributed by atoms with van der Waals surface area (Å²) in [5.41, 5.74) is 0.683. The second-order valence-electron chi connectivity index (χ2n) is 4.19. The molecule has 2 rings (SSSR count). The van der Waals surface area contributed by atoms with E-state index in [9.17, 15) is 14.0 Å². The molecule has 0 spiro atoms. The molecule has 2 heterocycles. The Hall–Kier alpha value is -2.44. The fraction of sp³-hybridized carbons (Fsp3) is 0.308. The van der Waals surface area contributed by atoms with Gasteiger partial charge in [0, 0.05) is 17.5 Å². The van der Waals surface area contributed by atoms with E-state index in [0.717, 1.165) is 6.20 Å². The van der Waals surface area contributed by atoms with E-state index >= 15 is 0 Å². The van der Waals surface area contributed by atoms with Crippen molar-refractivity contribution in [1.82, 2.24) is 15.6 Å². The van der Waals surface area contributed by atoms with Crippen LogP contribution in [0.25, 0.3) is 0 Å². The molecule has 0 radical (unpaired) electrons. The van der Waals surface area contributed by atoms with Gasteiger partial charge in [-0.05, 0) is 19.9 Å². The number of allylic oxidation sites excluding steroid dienone is 1. The Kier molecular flexibility index (Phi) is 3.97. The standard InChI is InChI=1S/C13H14FN3O3/c1-3-20-12(18)10-7(2)16-13(19)17-11(10)8-4-5-15-6-9(8)14/h4-6,11H,3H2,1-2H3,(H2,16,17,19)/t11-/m0/s1. The number of carbonyl (C=O) groups is 2. The Morgan fingerprint density at radius 1 is 1.55 bits per heavy atom. The van der Waals surface area contributed by atoms with E-state index in [1.54, 1.807) is 13.8 Å². The molecule has 0 aromatic carbocycles. The van der Waals surface area contributed by atoms with Gasteiger partial charge in [0.1, 0.15) is 5.82 Å². The summed E-state index contributed by atoms with van der Waals surface area (Å²) in [6.07, 6.45) is 2.42. The zero-order chi connectivity index (χ0) is 14.7. The largest absolute Gasteiger partial charge is 0.463 e. The second kappa shape index (κ2) is 5.68. The molecule has 1 aliphatic heterocycles. The third-order valence-electron chi connectivity index (χ3n) is 2.88. The first-order valence-electron chi connectivity index (χ1n) is 6.09. The number of carbonyl (C=O) groups excluding carboxylic acids is 2. The molecule has 2 amide bonds. The number of nitrogens with zero attached hydrogens (tertiary/aromatic N) is 1. The monoisotopic (exact) mass is 279 g/mol. The quantitative estimate of drug-likeness (QED) is 0.820. The Morgan fingerprint density at radius 3 is 2.95 bits per heavy atom. The lowest BCUT2D eigenvalue weighted by molar-refractivity contribution is -0.139. The molecular formula is C13H14FN3O3. The molecule has 20 heavy (non-hydrogen) atoms. The molecule has 1 aliphatic rings. The van der Waals surface area contributed by atoms with Crippen molar-refractivity contribution >= 4 is 12.0 Å². The summed E-state index contributed by atoms with van der Waals surface area (Å²) in [6.45, 7) is 3.43. The molecule has 0 saturated carbocycles. The van der Waals surface area contributed by atoms with Gasteiger partial charge in [-0.15, -0.1) is 0 Å². The molecule has 7 heteroatoms. The van der Waals surface area contributed by atoms with Crippen LogP contribution in [-0.4, -0.2) is 23.6 Å². The van der Waals surface area contributed by atoms with Crippen LogP contribution >= 0.6 is 0 Å². The van der Waals surface area contributed by atoms with Crippen molar-refractivity contribution in [3.05, 3.63) is 41.1 Å². The van der Waals surface area contributed by atoms with Crippen molar-refractivity contribution in [2.75, 3.05) is 6.61 Å². The predicted octanol–water partition coefficient (Wildman–Crippen LogP) is 1.41. The fourth-order valence-corrected chi connectivity index (χ4v) is 2.03. The van der Waals surface area contributed by atoms with Crippen LogP contribution in [0, 0.1) is 5.82 Å². The Balaban J connectivity index is 2.48. The van der Waals surface area contributed by atoms with Crippen molar-refractivity contribution in [2.45, 2.75) is 19.9 Å². The normalized spacial score (nSPS) is 18.4. The maximum Gasteiger partial charge on any atom is 0.338 e. The molecule has 2 N–H and O–H groups in total. The Labute approximate surface area is 115 Å². The minimum Gasteiger partial charge on any atom is -0.463 e. The summed E-state index contributed by atoms with van der Waals surface area (Å²) in [4.78, 5) is 27.2. The van der Waals surface area contributed by atoms with Gasteiger partial charge in [-0.2, -0.15) is 0 Å². The van der Waals surface area contributed by atoms with E-state index in [-0.39, 0.29) is 17.7 Å². The summed E-state index contributed by atoms with van der Waals surface area (Å²) in [5.74, 6) is -1.20. The van der Waals surface area contributed by atoms with Crippen LogP contribution in [0.1, 0.15) is 25.5 Å². The van der Waals surface area contributed by atoms with Crippen molar-refractivity contribution in [1.29, 1.82) is 0 Å². The lowest BCUT2D eigenvalue weighted by Gasteiger charge is -2.28. The van der Waals surface area contributed by atoms with Gasteiger partial charge in [-0.25, -0.2) is 14.0 Å². The van der Waals surface area contributed by atoms with Crippen LogP contribution in [0.2, 0.25) is 0 Å². The number of pyridine rings is 1. The van der Waals surface area contributed by atoms with Crippen LogP contribution in [0.3, 0.4) is 0 Å². The lowest BCUT2D eigenvalue weighted by Crippen LogP contribution is -2.45. The Bertz CT molecular complexity index is 586. The number of urea groups is 1. The zero-order valence-electron chi connectivity index (χ0n) is 11.1. The van der Waals surface area contributed by atoms with Crippen LogP contribution in [0.4, 0.5) is 9.18 Å². The SMILES string of the molecule is CCOC(=O)C1=C(C)NC(=O)N[C@H]1c1ccncc1F. The molecule has 1 aromatic heterocycles. The van der Waals surface area contributed by atoms with Gasteiger partial charge < -0.3 is 15.4 Å². The van der Waals surface area contributed by atoms with Gasteiger partial charge in [0.25, 0.3) is 0 Å². The van der Waals surface area contributed by atoms with E-state index in [1.807, 2.05) is 0 Å². The number of hydrogen-bond acceptors (Lipinski definition) is 4. The predicted molar refractivity (Wildman–Crippen MR) is 67.9 cm³/mol. The summed E-state index contributed by atoms with van der Waals surface area (Å²) in [7, 11) is 0. The van der Waals surface area contributed by atoms with Gasteiger partial charge in [0.2, 0.25) is 0 Å². The fourth-order valence-electron chi connectivity index (χ4n) is 2.03. The highest BCUT2D eigenvalue weighted by molar-refractivity contribution is 5.95. The van der Waals surface area contributed by atoms with Gasteiger partial charge in [0.15, 0.2) is 0 Å². The molecule has 0 saturated heterocycles. The van der Waals surface area contributed by atoms with Gasteiger partial charge in [-0.3, -0.25) is 4.98 Å². The lowest BCUT2D eigenvalue weighted by atomic mass is 9.96. The molecule has 0 fully saturated rings. The molecule has 0 unspecified atom stereocenters. The van der Waals surface area contributed by atoms with Crippen LogP contribution < -0.4 is 10.6 Å². The van der Waals surface area contributed by atoms with Crippen molar-refractivity contribution in [2.24, 2.45) is 0 Å². The third-order valence-corrected chi connectivity index (χ3v) is 2.88. The smallest absolute Gasteiger partial charge is 0.338 e. The summed E-state index contributed by atoms with van der Waals surface area (Å²) in [5, 5.41) is 5.00. The van der Waals surface area contributed by atoms with Crippen molar-refractivity contribution in [3.8, 4) is 0 Å². The number of halogens is 1. The topological polar surface area (TPSA) is 80.3 Å². The van der Waals surface area contributed by atoms with Gasteiger partial charge in [0.05, 0.1) is 24.4 Å². The van der Waals surface area contributed by atoms with Crippen molar-refractivity contribution in [3.63, 3.8) is 0 Å². The van der Waals surface area contributed by atoms with E-state index in [2.05, 4.69) is 15.6 Å². The number of aromatic nitrogens is 1. The minimum atomic E-state index is -0.897. The van der Waals surface area contributed by atoms with Gasteiger partial charge >= 0.3 is 12.0 Å². The highest BCUT2D eigenvalue weighted by Gasteiger charge is 2.33. The van der Waals surface area contributed by atoms with Crippen molar-refractivity contribution < 1.29 is 18.7 Å². The van der Waals surface area contributed by atoms with E-state index in [4.69, 9.17) is 4.74 Å². The number of esters is 1. The number of amides is 2. The first-order chi connectivity index (χ1) is 9.54. The highest BCUT2D eigenvalue weighted by atomic mass is 19.1. The molecule has 1 atom stereocenters.